The minimum Gasteiger partial charge on any atom is -0.508 e. The van der Waals surface area contributed by atoms with Crippen LogP contribution in [0.25, 0.3) is 0 Å². The first kappa shape index (κ1) is 19.2. The van der Waals surface area contributed by atoms with Gasteiger partial charge >= 0.3 is 0 Å². The molecule has 5 heteroatoms. The summed E-state index contributed by atoms with van der Waals surface area (Å²) in [6.07, 6.45) is 7.30. The lowest BCUT2D eigenvalue weighted by atomic mass is 9.73. The molecule has 1 unspecified atom stereocenters. The van der Waals surface area contributed by atoms with Crippen LogP contribution in [0.5, 0.6) is 5.75 Å². The zero-order valence-electron chi connectivity index (χ0n) is 15.6. The summed E-state index contributed by atoms with van der Waals surface area (Å²) < 4.78 is 0. The summed E-state index contributed by atoms with van der Waals surface area (Å²) in [5.74, 6) is 0.927. The minimum atomic E-state index is -0.510. The van der Waals surface area contributed by atoms with E-state index in [9.17, 15) is 20.3 Å². The largest absolute Gasteiger partial charge is 0.508 e. The van der Waals surface area contributed by atoms with Crippen LogP contribution in [-0.4, -0.2) is 27.3 Å². The maximum absolute atomic E-state index is 11.6. The van der Waals surface area contributed by atoms with Gasteiger partial charge in [-0.3, -0.25) is 10.1 Å². The van der Waals surface area contributed by atoms with Crippen molar-refractivity contribution in [2.45, 2.75) is 76.9 Å². The third-order valence-corrected chi connectivity index (χ3v) is 6.61. The number of benzene rings is 1. The van der Waals surface area contributed by atoms with Crippen molar-refractivity contribution in [1.82, 2.24) is 0 Å². The summed E-state index contributed by atoms with van der Waals surface area (Å²) in [7, 11) is 0. The van der Waals surface area contributed by atoms with Crippen LogP contribution in [0.4, 0.5) is 0 Å². The first-order chi connectivity index (χ1) is 12.5. The van der Waals surface area contributed by atoms with Crippen LogP contribution in [0.2, 0.25) is 0 Å². The molecule has 1 saturated carbocycles. The van der Waals surface area contributed by atoms with E-state index >= 15 is 0 Å². The van der Waals surface area contributed by atoms with E-state index in [0.717, 1.165) is 56.1 Å². The zero-order chi connectivity index (χ0) is 18.7. The van der Waals surface area contributed by atoms with Gasteiger partial charge in [-0.2, -0.15) is 0 Å². The molecule has 0 aromatic heterocycles. The second kappa shape index (κ2) is 8.38. The second-order valence-corrected chi connectivity index (χ2v) is 8.23. The Bertz CT molecular complexity index is 632. The molecule has 0 aliphatic heterocycles. The third-order valence-electron chi connectivity index (χ3n) is 6.61. The Morgan fingerprint density at radius 1 is 1.27 bits per heavy atom. The fraction of sp³-hybridized carbons (Fsp3) is 0.714. The van der Waals surface area contributed by atoms with Crippen LogP contribution in [0.3, 0.4) is 0 Å². The van der Waals surface area contributed by atoms with Gasteiger partial charge in [0.2, 0.25) is 6.04 Å². The van der Waals surface area contributed by atoms with Crippen LogP contribution in [0.15, 0.2) is 18.2 Å². The summed E-state index contributed by atoms with van der Waals surface area (Å²) >= 11 is 0. The van der Waals surface area contributed by atoms with Gasteiger partial charge in [0.05, 0.1) is 6.10 Å². The smallest absolute Gasteiger partial charge is 0.216 e. The highest BCUT2D eigenvalue weighted by atomic mass is 16.6. The van der Waals surface area contributed by atoms with E-state index in [1.807, 2.05) is 12.1 Å². The molecule has 5 atom stereocenters. The fourth-order valence-electron chi connectivity index (χ4n) is 5.22. The predicted octanol–water partition coefficient (Wildman–Crippen LogP) is 4.11. The summed E-state index contributed by atoms with van der Waals surface area (Å²) in [4.78, 5) is 11.5. The van der Waals surface area contributed by atoms with Crippen molar-refractivity contribution >= 4 is 0 Å². The van der Waals surface area contributed by atoms with Gasteiger partial charge in [-0.1, -0.05) is 38.3 Å². The number of aliphatic hydroxyl groups excluding tert-OH is 1. The summed E-state index contributed by atoms with van der Waals surface area (Å²) in [6, 6.07) is 5.11. The maximum atomic E-state index is 11.6. The molecule has 0 radical (unpaired) electrons. The molecule has 3 rings (SSSR count). The van der Waals surface area contributed by atoms with Crippen molar-refractivity contribution in [3.05, 3.63) is 39.4 Å². The average molecular weight is 361 g/mol. The molecule has 0 amide bonds. The number of nitrogens with zero attached hydrogens (tertiary/aromatic N) is 1. The quantitative estimate of drug-likeness (QED) is 0.415. The Morgan fingerprint density at radius 3 is 2.81 bits per heavy atom. The van der Waals surface area contributed by atoms with Gasteiger partial charge in [-0.05, 0) is 61.1 Å². The molecule has 26 heavy (non-hydrogen) atoms. The van der Waals surface area contributed by atoms with E-state index in [2.05, 4.69) is 6.92 Å². The van der Waals surface area contributed by atoms with Crippen molar-refractivity contribution in [2.75, 3.05) is 0 Å². The Labute approximate surface area is 155 Å². The molecule has 5 nitrogen and oxygen atoms in total. The normalized spacial score (nSPS) is 28.4. The number of phenols is 1. The lowest BCUT2D eigenvalue weighted by Crippen LogP contribution is -2.30. The van der Waals surface area contributed by atoms with E-state index in [0.29, 0.717) is 24.5 Å². The number of aromatic hydroxyl groups is 1. The van der Waals surface area contributed by atoms with Crippen LogP contribution >= 0.6 is 0 Å². The minimum absolute atomic E-state index is 0.0336. The molecule has 2 aliphatic carbocycles. The van der Waals surface area contributed by atoms with Crippen molar-refractivity contribution in [3.63, 3.8) is 0 Å². The van der Waals surface area contributed by atoms with Gasteiger partial charge in [0.15, 0.2) is 0 Å². The molecule has 0 spiro atoms. The third kappa shape index (κ3) is 4.03. The Balaban J connectivity index is 1.68. The number of aliphatic hydroxyl groups is 1. The number of fused-ring (bicyclic) bond motifs is 2. The number of nitro groups is 1. The monoisotopic (exact) mass is 361 g/mol. The second-order valence-electron chi connectivity index (χ2n) is 8.23. The molecule has 0 heterocycles. The molecule has 0 saturated heterocycles. The predicted molar refractivity (Wildman–Crippen MR) is 101 cm³/mol. The van der Waals surface area contributed by atoms with Crippen molar-refractivity contribution in [3.8, 4) is 5.75 Å². The number of rotatable bonds is 8. The number of unbranched alkanes of at least 4 members (excludes halogenated alkanes) is 2. The Hall–Kier alpha value is -1.62. The summed E-state index contributed by atoms with van der Waals surface area (Å²) in [5, 5.41) is 32.0. The first-order valence-corrected chi connectivity index (χ1v) is 10.1. The van der Waals surface area contributed by atoms with E-state index in [1.165, 1.54) is 0 Å². The van der Waals surface area contributed by atoms with Crippen LogP contribution in [0.1, 0.15) is 63.0 Å². The molecule has 0 bridgehead atoms. The Morgan fingerprint density at radius 2 is 2.08 bits per heavy atom. The van der Waals surface area contributed by atoms with Crippen LogP contribution < -0.4 is 0 Å². The van der Waals surface area contributed by atoms with Crippen LogP contribution in [0, 0.1) is 27.9 Å². The van der Waals surface area contributed by atoms with Gasteiger partial charge < -0.3 is 10.2 Å². The topological polar surface area (TPSA) is 83.6 Å². The standard InChI is InChI=1S/C21H31NO4/c1-2-3-4-7-16(23)9-10-17-18-11-14-6-5-8-21(24)19(14)12-15(18)13-20(17)22(25)26/h5-6,8,15-18,20,23-24H,2-4,7,9-13H2,1H3/t15-,16-,17?,18-,20+/m0/s1. The molecular formula is C21H31NO4. The van der Waals surface area contributed by atoms with E-state index in [1.54, 1.807) is 6.07 Å². The number of hydrogen-bond acceptors (Lipinski definition) is 4. The molecule has 1 aromatic carbocycles. The van der Waals surface area contributed by atoms with Gasteiger partial charge in [0.25, 0.3) is 0 Å². The SMILES string of the molecule is CCCCC[C@H](O)CCC1[C@H]2Cc3cccc(O)c3C[C@H]2C[C@H]1[N+](=O)[O-]. The van der Waals surface area contributed by atoms with Crippen molar-refractivity contribution in [1.29, 1.82) is 0 Å². The fourth-order valence-corrected chi connectivity index (χ4v) is 5.22. The lowest BCUT2D eigenvalue weighted by Gasteiger charge is -2.31. The zero-order valence-corrected chi connectivity index (χ0v) is 15.6. The highest BCUT2D eigenvalue weighted by Crippen LogP contribution is 2.49. The van der Waals surface area contributed by atoms with Crippen LogP contribution in [-0.2, 0) is 12.8 Å². The maximum Gasteiger partial charge on any atom is 0.216 e. The molecule has 1 fully saturated rings. The molecular weight excluding hydrogens is 330 g/mol. The average Bonchev–Trinajstić information content (AvgIpc) is 2.97. The van der Waals surface area contributed by atoms with Gasteiger partial charge in [0, 0.05) is 17.3 Å². The molecule has 2 aliphatic rings. The molecule has 2 N–H and O–H groups in total. The number of hydrogen-bond donors (Lipinski definition) is 2. The highest BCUT2D eigenvalue weighted by Gasteiger charge is 2.50. The molecule has 144 valence electrons. The number of phenolic OH excluding ortho intramolecular Hbond substituents is 1. The Kier molecular flexibility index (Phi) is 6.17. The molecule has 1 aromatic rings. The van der Waals surface area contributed by atoms with Gasteiger partial charge in [-0.25, -0.2) is 0 Å². The summed E-state index contributed by atoms with van der Waals surface area (Å²) in [6.45, 7) is 2.14. The van der Waals surface area contributed by atoms with E-state index in [-0.39, 0.29) is 22.9 Å². The van der Waals surface area contributed by atoms with Crippen molar-refractivity contribution in [2.24, 2.45) is 17.8 Å². The van der Waals surface area contributed by atoms with E-state index < -0.39 is 6.04 Å². The van der Waals surface area contributed by atoms with Gasteiger partial charge in [-0.15, -0.1) is 0 Å². The van der Waals surface area contributed by atoms with Crippen molar-refractivity contribution < 1.29 is 15.1 Å². The van der Waals surface area contributed by atoms with E-state index in [4.69, 9.17) is 0 Å². The first-order valence-electron chi connectivity index (χ1n) is 10.1. The van der Waals surface area contributed by atoms with Gasteiger partial charge in [0.1, 0.15) is 5.75 Å². The summed E-state index contributed by atoms with van der Waals surface area (Å²) in [5.41, 5.74) is 2.12. The lowest BCUT2D eigenvalue weighted by molar-refractivity contribution is -0.530. The highest BCUT2D eigenvalue weighted by molar-refractivity contribution is 5.42.